The van der Waals surface area contributed by atoms with Gasteiger partial charge >= 0.3 is 42.0 Å². The number of aromatic nitrogens is 3. The average molecular weight is 657 g/mol. The summed E-state index contributed by atoms with van der Waals surface area (Å²) in [6, 6.07) is 14.3. The third kappa shape index (κ3) is 7.03. The average Bonchev–Trinajstić information content (AvgIpc) is 3.26. The molecule has 0 fully saturated rings. The van der Waals surface area contributed by atoms with Crippen LogP contribution in [0.3, 0.4) is 0 Å². The topological polar surface area (TPSA) is 49.7 Å². The van der Waals surface area contributed by atoms with Crippen molar-refractivity contribution in [2.24, 2.45) is 10.2 Å². The lowest BCUT2D eigenvalue weighted by Crippen LogP contribution is -2.58. The smallest absolute Gasteiger partial charge is 0.370 e. The fourth-order valence-electron chi connectivity index (χ4n) is 3.55. The Morgan fingerprint density at radius 2 is 1.23 bits per heavy atom. The van der Waals surface area contributed by atoms with Crippen molar-refractivity contribution in [3.63, 3.8) is 0 Å². The molecule has 3 rings (SSSR count). The molecular formula is C24H19F14N6+. The van der Waals surface area contributed by atoms with Crippen molar-refractivity contribution in [2.45, 2.75) is 55.7 Å². The third-order valence-corrected chi connectivity index (χ3v) is 5.97. The van der Waals surface area contributed by atoms with Crippen LogP contribution in [0.4, 0.5) is 78.8 Å². The van der Waals surface area contributed by atoms with Gasteiger partial charge in [-0.15, -0.1) is 4.68 Å². The van der Waals surface area contributed by atoms with E-state index in [1.54, 1.807) is 30.1 Å². The summed E-state index contributed by atoms with van der Waals surface area (Å²) < 4.78 is 185. The largest absolute Gasteiger partial charge is 0.459 e. The highest BCUT2D eigenvalue weighted by Crippen LogP contribution is 2.48. The number of halogens is 14. The number of rotatable bonds is 11. The van der Waals surface area contributed by atoms with Crippen LogP contribution in [0.2, 0.25) is 0 Å². The second-order valence-electron chi connectivity index (χ2n) is 9.33. The lowest BCUT2D eigenvalue weighted by atomic mass is 10.1. The first-order chi connectivity index (χ1) is 20.0. The molecule has 0 radical (unpaired) electrons. The van der Waals surface area contributed by atoms with E-state index in [1.807, 2.05) is 12.1 Å². The van der Waals surface area contributed by atoms with E-state index in [-0.39, 0.29) is 16.6 Å². The SMILES string of the molecule is CN(Cc1ccccc1)c1ccc(/N=N/c2n(CC(F)(F)C(F)(F)C(F)(F)F)nc[n+]2CC(F)(F)C(F)(F)C(F)(F)F)cc1. The molecule has 1 aromatic heterocycles. The van der Waals surface area contributed by atoms with Crippen LogP contribution in [0.5, 0.6) is 0 Å². The quantitative estimate of drug-likeness (QED) is 0.120. The molecule has 44 heavy (non-hydrogen) atoms. The molecule has 0 bridgehead atoms. The van der Waals surface area contributed by atoms with E-state index in [4.69, 9.17) is 0 Å². The predicted molar refractivity (Wildman–Crippen MR) is 123 cm³/mol. The summed E-state index contributed by atoms with van der Waals surface area (Å²) in [5.74, 6) is -27.0. The van der Waals surface area contributed by atoms with Gasteiger partial charge in [0.25, 0.3) is 0 Å². The molecule has 1 heterocycles. The first-order valence-corrected chi connectivity index (χ1v) is 11.9. The zero-order valence-corrected chi connectivity index (χ0v) is 21.9. The van der Waals surface area contributed by atoms with Gasteiger partial charge in [-0.3, -0.25) is 0 Å². The van der Waals surface area contributed by atoms with Crippen molar-refractivity contribution < 1.29 is 66.0 Å². The molecule has 0 unspecified atom stereocenters. The van der Waals surface area contributed by atoms with Gasteiger partial charge in [0.1, 0.15) is 6.54 Å². The molecule has 242 valence electrons. The molecule has 0 aliphatic heterocycles. The number of benzene rings is 2. The van der Waals surface area contributed by atoms with E-state index < -0.39 is 59.8 Å². The number of alkyl halides is 14. The molecule has 0 saturated carbocycles. The molecular weight excluding hydrogens is 638 g/mol. The van der Waals surface area contributed by atoms with Crippen LogP contribution in [-0.4, -0.2) is 52.9 Å². The van der Waals surface area contributed by atoms with Gasteiger partial charge in [-0.25, -0.2) is 4.57 Å². The summed E-state index contributed by atoms with van der Waals surface area (Å²) in [7, 11) is 1.69. The van der Waals surface area contributed by atoms with Gasteiger partial charge in [0.15, 0.2) is 6.54 Å². The first-order valence-electron chi connectivity index (χ1n) is 11.9. The van der Waals surface area contributed by atoms with Crippen LogP contribution < -0.4 is 9.47 Å². The number of hydrogen-bond acceptors (Lipinski definition) is 4. The van der Waals surface area contributed by atoms with Crippen LogP contribution in [0.1, 0.15) is 5.56 Å². The van der Waals surface area contributed by atoms with Crippen LogP contribution in [0.25, 0.3) is 0 Å². The fourth-order valence-corrected chi connectivity index (χ4v) is 3.55. The molecule has 3 aromatic rings. The van der Waals surface area contributed by atoms with Crippen LogP contribution in [-0.2, 0) is 19.6 Å². The summed E-state index contributed by atoms with van der Waals surface area (Å²) in [5.41, 5.74) is 1.27. The van der Waals surface area contributed by atoms with Crippen molar-refractivity contribution >= 4 is 17.3 Å². The minimum atomic E-state index is -6.81. The third-order valence-electron chi connectivity index (χ3n) is 5.97. The summed E-state index contributed by atoms with van der Waals surface area (Å²) in [6.45, 7) is -4.96. The lowest BCUT2D eigenvalue weighted by molar-refractivity contribution is -0.708. The highest BCUT2D eigenvalue weighted by Gasteiger charge is 2.75. The molecule has 0 spiro atoms. The van der Waals surface area contributed by atoms with Gasteiger partial charge < -0.3 is 4.90 Å². The predicted octanol–water partition coefficient (Wildman–Crippen LogP) is 7.89. The van der Waals surface area contributed by atoms with E-state index >= 15 is 0 Å². The standard InChI is InChI=1S/C24H19F14N6/c1-42(11-15-5-3-2-4-6-15)17-9-7-16(8-10-17)40-41-18-43(12-19(25,26)21(29,30)23(33,34)35)14-39-44(18)13-20(27,28)22(31,32)24(36,37)38/h2-10,14H,11-13H2,1H3/q+1. The molecule has 0 atom stereocenters. The van der Waals surface area contributed by atoms with E-state index in [0.717, 1.165) is 5.56 Å². The van der Waals surface area contributed by atoms with Gasteiger partial charge in [-0.1, -0.05) is 35.4 Å². The van der Waals surface area contributed by atoms with Gasteiger partial charge in [0.05, 0.1) is 5.69 Å². The van der Waals surface area contributed by atoms with Crippen LogP contribution >= 0.6 is 0 Å². The van der Waals surface area contributed by atoms with Crippen molar-refractivity contribution in [2.75, 3.05) is 11.9 Å². The summed E-state index contributed by atoms with van der Waals surface area (Å²) in [6.07, 6.45) is -13.7. The number of anilines is 1. The van der Waals surface area contributed by atoms with Gasteiger partial charge in [0.2, 0.25) is 6.33 Å². The highest BCUT2D eigenvalue weighted by atomic mass is 19.4. The maximum Gasteiger partial charge on any atom is 0.459 e. The van der Waals surface area contributed by atoms with Gasteiger partial charge in [-0.05, 0) is 34.9 Å². The molecule has 0 aliphatic carbocycles. The summed E-state index contributed by atoms with van der Waals surface area (Å²) >= 11 is 0. The first kappa shape index (κ1) is 34.5. The zero-order chi connectivity index (χ0) is 33.4. The number of azo groups is 1. The van der Waals surface area contributed by atoms with E-state index in [1.165, 1.54) is 24.3 Å². The zero-order valence-electron chi connectivity index (χ0n) is 21.9. The van der Waals surface area contributed by atoms with E-state index in [0.29, 0.717) is 12.2 Å². The maximum atomic E-state index is 14.1. The normalized spacial score (nSPS) is 14.0. The van der Waals surface area contributed by atoms with E-state index in [9.17, 15) is 61.5 Å². The second kappa shape index (κ2) is 11.8. The molecule has 0 saturated heterocycles. The van der Waals surface area contributed by atoms with Crippen molar-refractivity contribution in [3.05, 3.63) is 66.5 Å². The Bertz CT molecular complexity index is 1370. The Morgan fingerprint density at radius 3 is 1.75 bits per heavy atom. The molecule has 2 aromatic carbocycles. The maximum absolute atomic E-state index is 14.1. The minimum absolute atomic E-state index is 0.0851. The Hall–Kier alpha value is -4.00. The fraction of sp³-hybridized carbons (Fsp3) is 0.417. The van der Waals surface area contributed by atoms with Crippen molar-refractivity contribution in [1.29, 1.82) is 0 Å². The Balaban J connectivity index is 1.98. The molecule has 6 nitrogen and oxygen atoms in total. The summed E-state index contributed by atoms with van der Waals surface area (Å²) in [5, 5.41) is 9.54. The van der Waals surface area contributed by atoms with Gasteiger partial charge in [0, 0.05) is 24.4 Å². The molecule has 0 amide bonds. The second-order valence-corrected chi connectivity index (χ2v) is 9.33. The Morgan fingerprint density at radius 1 is 0.705 bits per heavy atom. The Labute approximate surface area is 238 Å². The number of nitrogens with zero attached hydrogens (tertiary/aromatic N) is 6. The minimum Gasteiger partial charge on any atom is -0.370 e. The monoisotopic (exact) mass is 657 g/mol. The molecule has 0 N–H and O–H groups in total. The number of hydrogen-bond donors (Lipinski definition) is 0. The van der Waals surface area contributed by atoms with E-state index in [2.05, 4.69) is 15.3 Å². The van der Waals surface area contributed by atoms with Crippen LogP contribution in [0, 0.1) is 0 Å². The van der Waals surface area contributed by atoms with Crippen molar-refractivity contribution in [1.82, 2.24) is 9.78 Å². The summed E-state index contributed by atoms with van der Waals surface area (Å²) in [4.78, 5) is 1.76. The lowest BCUT2D eigenvalue weighted by Gasteiger charge is -2.27. The van der Waals surface area contributed by atoms with Gasteiger partial charge in [-0.2, -0.15) is 61.5 Å². The Kier molecular flexibility index (Phi) is 9.27. The highest BCUT2D eigenvalue weighted by molar-refractivity contribution is 5.52. The molecule has 20 heteroatoms. The van der Waals surface area contributed by atoms with Crippen LogP contribution in [0.15, 0.2) is 71.2 Å². The van der Waals surface area contributed by atoms with Crippen molar-refractivity contribution in [3.8, 4) is 0 Å². The molecule has 0 aliphatic rings.